The third-order valence-corrected chi connectivity index (χ3v) is 6.01. The molecule has 0 saturated heterocycles. The van der Waals surface area contributed by atoms with Crippen molar-refractivity contribution in [2.45, 2.75) is 58.1 Å². The number of rotatable bonds is 5. The highest BCUT2D eigenvalue weighted by molar-refractivity contribution is 5.97. The van der Waals surface area contributed by atoms with Crippen molar-refractivity contribution in [2.75, 3.05) is 13.6 Å². The second-order valence-electron chi connectivity index (χ2n) is 9.49. The van der Waals surface area contributed by atoms with Gasteiger partial charge in [-0.15, -0.1) is 0 Å². The Morgan fingerprint density at radius 2 is 1.53 bits per heavy atom. The van der Waals surface area contributed by atoms with Gasteiger partial charge in [-0.05, 0) is 74.9 Å². The minimum atomic E-state index is -0.928. The third-order valence-electron chi connectivity index (χ3n) is 6.01. The molecule has 1 N–H and O–H groups in total. The van der Waals surface area contributed by atoms with Crippen LogP contribution in [-0.2, 0) is 27.2 Å². The first kappa shape index (κ1) is 25.3. The number of ether oxygens (including phenoxy) is 1. The summed E-state index contributed by atoms with van der Waals surface area (Å²) in [6.07, 6.45) is -0.212. The lowest BCUT2D eigenvalue weighted by Crippen LogP contribution is -2.47. The molecule has 8 heteroatoms. The summed E-state index contributed by atoms with van der Waals surface area (Å²) in [6, 6.07) is 8.16. The van der Waals surface area contributed by atoms with E-state index in [2.05, 4.69) is 5.32 Å². The first-order chi connectivity index (χ1) is 15.9. The molecule has 6 nitrogen and oxygen atoms in total. The Morgan fingerprint density at radius 1 is 1.03 bits per heavy atom. The smallest absolute Gasteiger partial charge is 0.408 e. The number of alkyl carbamates (subject to hydrolysis) is 1. The highest BCUT2D eigenvalue weighted by Gasteiger charge is 2.36. The van der Waals surface area contributed by atoms with E-state index in [1.54, 1.807) is 39.8 Å². The number of halogens is 2. The maximum atomic E-state index is 14.7. The molecule has 2 aromatic carbocycles. The second-order valence-corrected chi connectivity index (χ2v) is 9.49. The molecule has 0 aromatic heterocycles. The van der Waals surface area contributed by atoms with Crippen LogP contribution in [0.15, 0.2) is 36.4 Å². The molecule has 1 aliphatic rings. The Kier molecular flexibility index (Phi) is 7.38. The molecule has 0 fully saturated rings. The minimum Gasteiger partial charge on any atom is -0.444 e. The Balaban J connectivity index is 1.87. The molecule has 1 atom stereocenters. The number of hydrogen-bond acceptors (Lipinski definition) is 4. The van der Waals surface area contributed by atoms with Crippen LogP contribution in [0.25, 0.3) is 0 Å². The van der Waals surface area contributed by atoms with Gasteiger partial charge in [0.2, 0.25) is 5.91 Å². The van der Waals surface area contributed by atoms with Crippen molar-refractivity contribution < 1.29 is 27.9 Å². The summed E-state index contributed by atoms with van der Waals surface area (Å²) in [5, 5.41) is 2.39. The van der Waals surface area contributed by atoms with E-state index >= 15 is 0 Å². The van der Waals surface area contributed by atoms with E-state index in [0.717, 1.165) is 0 Å². The molecular weight excluding hydrogens is 442 g/mol. The van der Waals surface area contributed by atoms with Gasteiger partial charge in [-0.2, -0.15) is 0 Å². The summed E-state index contributed by atoms with van der Waals surface area (Å²) in [5.41, 5.74) is 1.00. The van der Waals surface area contributed by atoms with Gasteiger partial charge in [-0.25, -0.2) is 13.6 Å². The van der Waals surface area contributed by atoms with E-state index in [9.17, 15) is 23.2 Å². The Hall–Kier alpha value is -3.29. The number of nitrogens with one attached hydrogen (secondary N) is 1. The Bertz CT molecular complexity index is 1060. The van der Waals surface area contributed by atoms with Crippen molar-refractivity contribution >= 4 is 17.8 Å². The summed E-state index contributed by atoms with van der Waals surface area (Å²) in [7, 11) is 1.46. The normalized spacial score (nSPS) is 14.3. The van der Waals surface area contributed by atoms with Gasteiger partial charge in [0.15, 0.2) is 5.78 Å². The number of Topliss-reactive ketones (excluding diaryl/α,β-unsaturated/α-hetero) is 1. The van der Waals surface area contributed by atoms with Gasteiger partial charge < -0.3 is 15.0 Å². The first-order valence-electron chi connectivity index (χ1n) is 11.2. The van der Waals surface area contributed by atoms with Crippen molar-refractivity contribution in [2.24, 2.45) is 0 Å². The lowest BCUT2D eigenvalue weighted by Gasteiger charge is -2.29. The van der Waals surface area contributed by atoms with E-state index in [4.69, 9.17) is 4.74 Å². The van der Waals surface area contributed by atoms with Gasteiger partial charge in [0.05, 0.1) is 12.0 Å². The van der Waals surface area contributed by atoms with Crippen molar-refractivity contribution in [1.82, 2.24) is 10.2 Å². The van der Waals surface area contributed by atoms with Crippen molar-refractivity contribution in [3.05, 3.63) is 70.3 Å². The summed E-state index contributed by atoms with van der Waals surface area (Å²) in [5.74, 6) is -2.68. The maximum Gasteiger partial charge on any atom is 0.408 e. The van der Waals surface area contributed by atoms with Crippen molar-refractivity contribution in [1.29, 1.82) is 0 Å². The predicted molar refractivity (Wildman–Crippen MR) is 124 cm³/mol. The average molecular weight is 473 g/mol. The van der Waals surface area contributed by atoms with Crippen molar-refractivity contribution in [3.8, 4) is 0 Å². The number of amides is 2. The van der Waals surface area contributed by atoms with E-state index in [-0.39, 0.29) is 25.2 Å². The molecule has 1 aliphatic carbocycles. The van der Waals surface area contributed by atoms with Crippen LogP contribution in [0, 0.1) is 11.6 Å². The van der Waals surface area contributed by atoms with Crippen LogP contribution >= 0.6 is 0 Å². The zero-order valence-corrected chi connectivity index (χ0v) is 20.1. The van der Waals surface area contributed by atoms with E-state index in [1.165, 1.54) is 36.2 Å². The van der Waals surface area contributed by atoms with E-state index in [0.29, 0.717) is 22.3 Å². The van der Waals surface area contributed by atoms with Crippen LogP contribution in [0.5, 0.6) is 0 Å². The van der Waals surface area contributed by atoms with Gasteiger partial charge in [0, 0.05) is 7.05 Å². The average Bonchev–Trinajstić information content (AvgIpc) is 2.93. The SMILES string of the molecule is C[C@@H](C(=O)C1c2cccc(F)c2CCc2c(F)cccc21)N(C)C(=O)CNC(=O)OC(C)(C)C. The summed E-state index contributed by atoms with van der Waals surface area (Å²) in [6.45, 7) is 6.32. The summed E-state index contributed by atoms with van der Waals surface area (Å²) < 4.78 is 34.5. The van der Waals surface area contributed by atoms with E-state index in [1.807, 2.05) is 0 Å². The van der Waals surface area contributed by atoms with Gasteiger partial charge in [0.25, 0.3) is 0 Å². The monoisotopic (exact) mass is 472 g/mol. The number of carbonyl (C=O) groups excluding carboxylic acids is 3. The molecule has 0 heterocycles. The molecule has 0 unspecified atom stereocenters. The van der Waals surface area contributed by atoms with Crippen LogP contribution < -0.4 is 5.32 Å². The van der Waals surface area contributed by atoms with Gasteiger partial charge >= 0.3 is 6.09 Å². The largest absolute Gasteiger partial charge is 0.444 e. The number of carbonyl (C=O) groups is 3. The second kappa shape index (κ2) is 9.91. The molecule has 0 bridgehead atoms. The summed E-state index contributed by atoms with van der Waals surface area (Å²) in [4.78, 5) is 39.5. The lowest BCUT2D eigenvalue weighted by molar-refractivity contribution is -0.137. The number of ketones is 1. The number of benzene rings is 2. The quantitative estimate of drug-likeness (QED) is 0.710. The number of fused-ring (bicyclic) bond motifs is 2. The summed E-state index contributed by atoms with van der Waals surface area (Å²) >= 11 is 0. The maximum absolute atomic E-state index is 14.7. The molecule has 0 saturated carbocycles. The standard InChI is InChI=1S/C26H30F2N2O4/c1-15(30(5)22(31)14-29-25(33)34-26(2,3)4)24(32)23-18-8-6-10-20(27)16(18)12-13-17-19(23)9-7-11-21(17)28/h6-11,15,23H,12-14H2,1-5H3,(H,29,33)/t15-/m0/s1. The van der Waals surface area contributed by atoms with Crippen LogP contribution in [0.4, 0.5) is 13.6 Å². The molecule has 3 rings (SSSR count). The zero-order chi connectivity index (χ0) is 25.2. The van der Waals surface area contributed by atoms with Gasteiger partial charge in [-0.1, -0.05) is 24.3 Å². The van der Waals surface area contributed by atoms with Crippen molar-refractivity contribution in [3.63, 3.8) is 0 Å². The molecule has 182 valence electrons. The molecule has 0 spiro atoms. The Labute approximate surface area is 198 Å². The molecule has 2 aromatic rings. The number of nitrogens with zero attached hydrogens (tertiary/aromatic N) is 1. The topological polar surface area (TPSA) is 75.7 Å². The fourth-order valence-corrected chi connectivity index (χ4v) is 4.18. The zero-order valence-electron chi connectivity index (χ0n) is 20.1. The fourth-order valence-electron chi connectivity index (χ4n) is 4.18. The molecule has 34 heavy (non-hydrogen) atoms. The third kappa shape index (κ3) is 5.43. The van der Waals surface area contributed by atoms with Crippen LogP contribution in [-0.4, -0.2) is 47.9 Å². The Morgan fingerprint density at radius 3 is 2.00 bits per heavy atom. The lowest BCUT2D eigenvalue weighted by atomic mass is 9.82. The number of hydrogen-bond donors (Lipinski definition) is 1. The molecule has 0 aliphatic heterocycles. The number of likely N-dealkylation sites (N-methyl/N-ethyl adjacent to an activating group) is 1. The van der Waals surface area contributed by atoms with Crippen LogP contribution in [0.1, 0.15) is 55.9 Å². The molecule has 0 radical (unpaired) electrons. The van der Waals surface area contributed by atoms with Gasteiger partial charge in [-0.3, -0.25) is 9.59 Å². The minimum absolute atomic E-state index is 0.267. The fraction of sp³-hybridized carbons (Fsp3) is 0.423. The van der Waals surface area contributed by atoms with Gasteiger partial charge in [0.1, 0.15) is 23.8 Å². The molecule has 2 amide bonds. The first-order valence-corrected chi connectivity index (χ1v) is 11.2. The highest BCUT2D eigenvalue weighted by Crippen LogP contribution is 2.38. The molecular formula is C26H30F2N2O4. The predicted octanol–water partition coefficient (Wildman–Crippen LogP) is 4.14. The van der Waals surface area contributed by atoms with Crippen LogP contribution in [0.2, 0.25) is 0 Å². The van der Waals surface area contributed by atoms with E-state index < -0.39 is 41.2 Å². The van der Waals surface area contributed by atoms with Crippen LogP contribution in [0.3, 0.4) is 0 Å². The highest BCUT2D eigenvalue weighted by atomic mass is 19.1.